The summed E-state index contributed by atoms with van der Waals surface area (Å²) in [4.78, 5) is 29.9. The van der Waals surface area contributed by atoms with Crippen LogP contribution in [0.2, 0.25) is 0 Å². The standard InChI is InChI=1S/2C9H7N.C8H7N.C6H6.C5H5N.C4H4N2.12C4H10.C3H4N2.C3H3NO.2C3H3NS.C2H3N3.C2H2N2S.4CH4.FH.2HI.K.H3N.H2O.H3P.3H2.H/c2*1-2-6-9-8(4-1)5-3-7-10-9;1-2-4-8-7(3-1)5-6-9-8;2*1-2-4-6-5-3-1;1-2-5-4-6-3-1;12*1-4(2)3;2*1-2-4-5-3-1;1-2-5-3-4-1;1-2-4-5-3-1;1-3-2-5-4-1;1-3-4-2-5-1;;;;;;;;;;;;;;;/h2*1-7H;1-6,9H;1-6H;1-5H;1-4H;12*4H,1-3H3;1-3H,(H,4,5);3*1-3H;1-2H,(H,3,4,5);1-2H;4*1H4;3*1H;;1H3;1H2;1H3;3*1H;/q;;;;;;;;;;;;;;;;;;;;;;;;;;;;;;;+1;;;;;;;-1/i;;;;;;;;;;;;;;;;;;;;;;;;;;;;;;;;;;;1+1;;;. The second kappa shape index (κ2) is 148. The number of nitrogens with one attached hydrogen (secondary N) is 3. The smallest absolute Gasteiger partial charge is 1.00 e. The maximum absolute atomic E-state index is 4.33. The van der Waals surface area contributed by atoms with E-state index in [9.17, 15) is 0 Å². The minimum atomic E-state index is 0. The Morgan fingerprint density at radius 3 is 0.860 bits per heavy atom. The second-order valence-electron chi connectivity index (χ2n) is 34.4. The first-order valence-electron chi connectivity index (χ1n) is 43.8. The van der Waals surface area contributed by atoms with Crippen molar-refractivity contribution in [1.82, 2.24) is 86.1 Å². The van der Waals surface area contributed by atoms with Crippen LogP contribution >= 0.6 is 92.1 Å². The number of H-pyrrole nitrogens is 3. The third-order valence-corrected chi connectivity index (χ3v) is 9.74. The van der Waals surface area contributed by atoms with Crippen LogP contribution in [0.4, 0.5) is 4.70 Å². The van der Waals surface area contributed by atoms with Crippen molar-refractivity contribution in [2.75, 3.05) is 0 Å². The Kier molecular flexibility index (Phi) is 194. The predicted molar refractivity (Wildman–Crippen MR) is 644 cm³/mol. The van der Waals surface area contributed by atoms with Crippen LogP contribution in [-0.4, -0.2) is 85.5 Å². The van der Waals surface area contributed by atoms with Gasteiger partial charge in [0, 0.05) is 99.5 Å². The molecule has 8 N–H and O–H groups in total. The molecular weight excluding hydrogens is 2020 g/mol. The number of thiazole rings is 1. The van der Waals surface area contributed by atoms with Crippen molar-refractivity contribution in [3.63, 3.8) is 0 Å². The van der Waals surface area contributed by atoms with Crippen LogP contribution < -0.4 is 57.5 Å². The molecule has 4 aromatic carbocycles. The number of aromatic amines is 3. The fourth-order valence-corrected chi connectivity index (χ4v) is 6.00. The Morgan fingerprint density at radius 2 is 0.676 bits per heavy atom. The zero-order valence-electron chi connectivity index (χ0n) is 89.5. The number of hydrogen-bond donors (Lipinski definition) is 4. The summed E-state index contributed by atoms with van der Waals surface area (Å²) in [6.45, 7) is 78.0. The summed E-state index contributed by atoms with van der Waals surface area (Å²) in [6.07, 6.45) is 27.0. The van der Waals surface area contributed by atoms with E-state index in [2.05, 4.69) is 376 Å². The van der Waals surface area contributed by atoms with Crippen molar-refractivity contribution in [1.29, 1.82) is 0 Å². The summed E-state index contributed by atoms with van der Waals surface area (Å²) < 4.78 is 8.10. The Morgan fingerprint density at radius 1 is 0.316 bits per heavy atom. The van der Waals surface area contributed by atoms with Gasteiger partial charge in [-0.2, -0.15) is 20.1 Å². The molecular formula is C109H208FI2KN17O2PS3. The van der Waals surface area contributed by atoms with Crippen LogP contribution in [0.5, 0.6) is 0 Å². The number of nitrogens with zero attached hydrogens (tertiary/aromatic N) is 13. The summed E-state index contributed by atoms with van der Waals surface area (Å²) in [6, 6.07) is 59.4. The molecule has 15 rings (SSSR count). The average molecular weight is 2230 g/mol. The Bertz CT molecular complexity index is 3270. The van der Waals surface area contributed by atoms with E-state index in [1.165, 1.54) is 69.8 Å². The van der Waals surface area contributed by atoms with Crippen LogP contribution in [0.3, 0.4) is 0 Å². The minimum absolute atomic E-state index is 0. The van der Waals surface area contributed by atoms with Gasteiger partial charge in [-0.15, -0.1) is 80.8 Å². The summed E-state index contributed by atoms with van der Waals surface area (Å²) in [5.74, 6) is 10.0. The molecule has 0 aliphatic carbocycles. The predicted octanol–water partition coefficient (Wildman–Crippen LogP) is 34.7. The fourth-order valence-electron chi connectivity index (χ4n) is 5.02. The first-order valence-corrected chi connectivity index (χ1v) is 46.5. The normalized spacial score (nSPS) is 8.15. The van der Waals surface area contributed by atoms with E-state index >= 15 is 0 Å². The van der Waals surface area contributed by atoms with E-state index in [4.69, 9.17) is 0 Å². The average Bonchev–Trinajstić information content (AvgIpc) is 1.47. The van der Waals surface area contributed by atoms with E-state index in [-0.39, 0.29) is 161 Å². The number of benzene rings is 4. The molecule has 19 nitrogen and oxygen atoms in total. The summed E-state index contributed by atoms with van der Waals surface area (Å²) in [5, 5.41) is 30.1. The van der Waals surface area contributed by atoms with E-state index < -0.39 is 0 Å². The maximum Gasteiger partial charge on any atom is 1.00 e. The molecule has 11 heterocycles. The number of hydrogen-bond acceptors (Lipinski definition) is 18. The number of aromatic nitrogens is 16. The summed E-state index contributed by atoms with van der Waals surface area (Å²) >= 11 is 4.56. The molecule has 0 fully saturated rings. The third-order valence-electron chi connectivity index (χ3n) is 8.26. The van der Waals surface area contributed by atoms with Crippen LogP contribution in [0.1, 0.15) is 285 Å². The van der Waals surface area contributed by atoms with Gasteiger partial charge >= 0.3 is 51.4 Å². The molecule has 786 valence electrons. The van der Waals surface area contributed by atoms with Gasteiger partial charge in [-0.25, -0.2) is 19.3 Å². The topological polar surface area (TPSA) is 295 Å². The maximum atomic E-state index is 4.33. The van der Waals surface area contributed by atoms with Gasteiger partial charge in [0.15, 0.2) is 0 Å². The van der Waals surface area contributed by atoms with Crippen molar-refractivity contribution < 1.29 is 71.8 Å². The quantitative estimate of drug-likeness (QED) is 0.0623. The van der Waals surface area contributed by atoms with Crippen LogP contribution in [0.15, 0.2) is 313 Å². The molecule has 0 saturated carbocycles. The molecule has 0 amide bonds. The molecule has 1 unspecified atom stereocenters. The van der Waals surface area contributed by atoms with E-state index in [1.54, 1.807) is 95.8 Å². The molecule has 136 heavy (non-hydrogen) atoms. The molecule has 15 aromatic rings. The van der Waals surface area contributed by atoms with E-state index in [0.29, 0.717) is 0 Å². The van der Waals surface area contributed by atoms with Gasteiger partial charge in [-0.05, 0) is 161 Å². The van der Waals surface area contributed by atoms with Gasteiger partial charge in [0.2, 0.25) is 0 Å². The molecule has 1 atom stereocenters. The second-order valence-corrected chi connectivity index (χ2v) is 36.5. The van der Waals surface area contributed by atoms with E-state index in [0.717, 1.165) is 82.0 Å². The molecule has 0 radical (unpaired) electrons. The number of pyridine rings is 3. The molecule has 0 bridgehead atoms. The monoisotopic (exact) mass is 2230 g/mol. The van der Waals surface area contributed by atoms with Gasteiger partial charge in [0.05, 0.1) is 22.7 Å². The van der Waals surface area contributed by atoms with Crippen LogP contribution in [0.25, 0.3) is 32.7 Å². The van der Waals surface area contributed by atoms with Crippen molar-refractivity contribution in [3.8, 4) is 0 Å². The molecule has 11 aromatic heterocycles. The molecule has 0 saturated heterocycles. The van der Waals surface area contributed by atoms with Crippen molar-refractivity contribution >= 4 is 125 Å². The van der Waals surface area contributed by atoms with Crippen molar-refractivity contribution in [3.05, 3.63) is 309 Å². The Hall–Kier alpha value is -6.77. The molecule has 0 spiro atoms. The van der Waals surface area contributed by atoms with Crippen molar-refractivity contribution in [2.45, 2.75) is 279 Å². The largest absolute Gasteiger partial charge is 1.00 e. The summed E-state index contributed by atoms with van der Waals surface area (Å²) in [5.41, 5.74) is 8.48. The Balaban J connectivity index is -0.0000000457. The van der Waals surface area contributed by atoms with Crippen molar-refractivity contribution in [2.24, 2.45) is 71.0 Å². The van der Waals surface area contributed by atoms with Crippen LogP contribution in [-0.2, 0) is 0 Å². The fraction of sp³-hybridized carbons (Fsp3) is 0.477. The first kappa shape index (κ1) is 178. The van der Waals surface area contributed by atoms with Gasteiger partial charge < -0.3 is 22.6 Å². The Labute approximate surface area is 932 Å². The zero-order valence-corrected chi connectivity index (χ0v) is 100. The number of fused-ring (bicyclic) bond motifs is 3. The first-order chi connectivity index (χ1) is 59.2. The number of halogens is 3. The van der Waals surface area contributed by atoms with E-state index in [1.807, 2.05) is 157 Å². The SMILES string of the molecule is C.C.C.C.CC(C)C.CC(C)C.CC(C)C.CC(C)C.CC(C)C.CC(C)C.CC(C)C.CC(C)C.CC(C)C.CC(C)C.CC(C)C.CC(C)C.F.I.I.N.O.P.[2HH].[H-].[HH].[HH].[K+].c1ccc2[nH]ccc2c1.c1ccc2ncccc2c1.c1ccc2ncccc2c1.c1ccccc1.c1ccncc1.c1cn[nH]c1.c1cncnc1.c1cnoc1.c1cnsc1.c1cscn1.c1nc[nH]n1.c1nncs1. The summed E-state index contributed by atoms with van der Waals surface area (Å²) in [7, 11) is 0. The zero-order chi connectivity index (χ0) is 96.6. The van der Waals surface area contributed by atoms with Gasteiger partial charge in [-0.3, -0.25) is 34.8 Å². The molecule has 0 aliphatic rings. The van der Waals surface area contributed by atoms with Gasteiger partial charge in [0.25, 0.3) is 0 Å². The minimum Gasteiger partial charge on any atom is -1.00 e. The van der Waals surface area contributed by atoms with Gasteiger partial charge in [-0.1, -0.05) is 393 Å². The third kappa shape index (κ3) is 228. The number of para-hydroxylation sites is 3. The molecule has 27 heteroatoms. The molecule has 0 aliphatic heterocycles. The number of rotatable bonds is 0. The van der Waals surface area contributed by atoms with Crippen LogP contribution in [0, 0.1) is 71.0 Å². The van der Waals surface area contributed by atoms with Gasteiger partial charge in [0.1, 0.15) is 36.3 Å².